The Balaban J connectivity index is 1.24. The monoisotopic (exact) mass is 740 g/mol. The van der Waals surface area contributed by atoms with Gasteiger partial charge < -0.3 is 0 Å². The second kappa shape index (κ2) is 12.5. The van der Waals surface area contributed by atoms with Gasteiger partial charge in [-0.25, -0.2) is 0 Å². The highest BCUT2D eigenvalue weighted by atomic mass is 14.6. The van der Waals surface area contributed by atoms with Gasteiger partial charge in [-0.15, -0.1) is 0 Å². The van der Waals surface area contributed by atoms with Gasteiger partial charge in [0.05, 0.1) is 0 Å². The Labute approximate surface area is 341 Å². The summed E-state index contributed by atoms with van der Waals surface area (Å²) in [5, 5.41) is 2.79. The van der Waals surface area contributed by atoms with Crippen molar-refractivity contribution < 1.29 is 0 Å². The van der Waals surface area contributed by atoms with Crippen LogP contribution in [0.4, 0.5) is 0 Å². The van der Waals surface area contributed by atoms with Gasteiger partial charge >= 0.3 is 0 Å². The van der Waals surface area contributed by atoms with Gasteiger partial charge in [0.15, 0.2) is 0 Å². The molecule has 5 aliphatic carbocycles. The molecule has 0 bridgehead atoms. The molecule has 0 saturated heterocycles. The maximum Gasteiger partial charge on any atom is 0.0296 e. The second-order valence-corrected chi connectivity index (χ2v) is 17.4. The zero-order valence-electron chi connectivity index (χ0n) is 33.0. The second-order valence-electron chi connectivity index (χ2n) is 17.4. The molecule has 0 fully saturated rings. The third kappa shape index (κ3) is 4.58. The Kier molecular flexibility index (Phi) is 7.25. The number of benzene rings is 7. The van der Waals surface area contributed by atoms with Crippen LogP contribution in [-0.4, -0.2) is 0 Å². The Morgan fingerprint density at radius 1 is 0.586 bits per heavy atom. The third-order valence-electron chi connectivity index (χ3n) is 14.4. The Morgan fingerprint density at radius 3 is 1.98 bits per heavy atom. The molecule has 0 N–H and O–H groups in total. The maximum absolute atomic E-state index is 2.65. The SMILES string of the molecule is CC1(c2ccccc2)C=C2C3=C(c4c2cccc4-c2ccccc2)C2c4cccc5c(-c6ccccc6)ccc(c45)C2(C)C(C2=CC=CCC2c2ccccc2)=C3C1. The van der Waals surface area contributed by atoms with Crippen molar-refractivity contribution in [2.45, 2.75) is 49.4 Å². The van der Waals surface area contributed by atoms with E-state index in [1.807, 2.05) is 0 Å². The fourth-order valence-corrected chi connectivity index (χ4v) is 12.0. The lowest BCUT2D eigenvalue weighted by Crippen LogP contribution is -2.38. The van der Waals surface area contributed by atoms with E-state index in [-0.39, 0.29) is 22.7 Å². The van der Waals surface area contributed by atoms with Crippen molar-refractivity contribution in [1.82, 2.24) is 0 Å². The zero-order chi connectivity index (χ0) is 38.6. The van der Waals surface area contributed by atoms with Crippen LogP contribution in [0, 0.1) is 0 Å². The first kappa shape index (κ1) is 33.6. The van der Waals surface area contributed by atoms with Crippen LogP contribution >= 0.6 is 0 Å². The summed E-state index contributed by atoms with van der Waals surface area (Å²) >= 11 is 0. The van der Waals surface area contributed by atoms with E-state index >= 15 is 0 Å². The highest BCUT2D eigenvalue weighted by Crippen LogP contribution is 2.71. The van der Waals surface area contributed by atoms with Crippen LogP contribution in [0.1, 0.15) is 71.9 Å². The van der Waals surface area contributed by atoms with Gasteiger partial charge in [0.1, 0.15) is 0 Å². The molecular weight excluding hydrogens is 697 g/mol. The summed E-state index contributed by atoms with van der Waals surface area (Å²) in [7, 11) is 0. The molecule has 0 amide bonds. The summed E-state index contributed by atoms with van der Waals surface area (Å²) < 4.78 is 0. The third-order valence-corrected chi connectivity index (χ3v) is 14.4. The van der Waals surface area contributed by atoms with E-state index in [1.54, 1.807) is 5.57 Å². The average Bonchev–Trinajstić information content (AvgIpc) is 3.75. The first-order valence-electron chi connectivity index (χ1n) is 21.0. The van der Waals surface area contributed by atoms with E-state index in [4.69, 9.17) is 0 Å². The summed E-state index contributed by atoms with van der Waals surface area (Å²) in [4.78, 5) is 0. The zero-order valence-corrected chi connectivity index (χ0v) is 33.0. The molecule has 0 spiro atoms. The van der Waals surface area contributed by atoms with E-state index < -0.39 is 0 Å². The molecule has 58 heavy (non-hydrogen) atoms. The number of rotatable bonds is 5. The number of fused-ring (bicyclic) bond motifs is 7. The van der Waals surface area contributed by atoms with E-state index in [9.17, 15) is 0 Å². The largest absolute Gasteiger partial charge is 0.0836 e. The summed E-state index contributed by atoms with van der Waals surface area (Å²) in [5.41, 5.74) is 22.1. The molecule has 0 heterocycles. The van der Waals surface area contributed by atoms with Crippen LogP contribution in [0.3, 0.4) is 0 Å². The normalized spacial score (nSPS) is 23.7. The molecule has 5 aliphatic rings. The molecule has 276 valence electrons. The van der Waals surface area contributed by atoms with Crippen molar-refractivity contribution in [2.24, 2.45) is 0 Å². The van der Waals surface area contributed by atoms with Gasteiger partial charge in [0, 0.05) is 22.7 Å². The highest BCUT2D eigenvalue weighted by Gasteiger charge is 2.58. The lowest BCUT2D eigenvalue weighted by molar-refractivity contribution is 0.498. The van der Waals surface area contributed by atoms with Crippen molar-refractivity contribution in [2.75, 3.05) is 0 Å². The molecule has 0 aliphatic heterocycles. The van der Waals surface area contributed by atoms with Gasteiger partial charge in [0.25, 0.3) is 0 Å². The van der Waals surface area contributed by atoms with Crippen LogP contribution in [-0.2, 0) is 10.8 Å². The Bertz CT molecular complexity index is 2990. The van der Waals surface area contributed by atoms with Gasteiger partial charge in [-0.3, -0.25) is 0 Å². The predicted molar refractivity (Wildman–Crippen MR) is 243 cm³/mol. The van der Waals surface area contributed by atoms with Gasteiger partial charge in [-0.05, 0) is 113 Å². The van der Waals surface area contributed by atoms with E-state index in [0.29, 0.717) is 0 Å². The fourth-order valence-electron chi connectivity index (χ4n) is 12.0. The lowest BCUT2D eigenvalue weighted by Gasteiger charge is -2.48. The van der Waals surface area contributed by atoms with Crippen molar-refractivity contribution in [1.29, 1.82) is 0 Å². The molecule has 7 aromatic rings. The Morgan fingerprint density at radius 2 is 1.24 bits per heavy atom. The molecule has 4 atom stereocenters. The van der Waals surface area contributed by atoms with Gasteiger partial charge in [-0.2, -0.15) is 0 Å². The van der Waals surface area contributed by atoms with E-state index in [1.165, 1.54) is 94.3 Å². The molecule has 0 heteroatoms. The predicted octanol–water partition coefficient (Wildman–Crippen LogP) is 14.7. The average molecular weight is 741 g/mol. The van der Waals surface area contributed by atoms with E-state index in [0.717, 1.165) is 12.8 Å². The molecule has 0 aromatic heterocycles. The molecule has 7 aromatic carbocycles. The number of allylic oxidation sites excluding steroid dienone is 10. The molecule has 12 rings (SSSR count). The van der Waals surface area contributed by atoms with Crippen molar-refractivity contribution >= 4 is 21.9 Å². The van der Waals surface area contributed by atoms with Crippen molar-refractivity contribution in [3.05, 3.63) is 250 Å². The number of hydrogen-bond donors (Lipinski definition) is 0. The minimum atomic E-state index is -0.333. The van der Waals surface area contributed by atoms with Gasteiger partial charge in [-0.1, -0.05) is 208 Å². The summed E-state index contributed by atoms with van der Waals surface area (Å²) in [6, 6.07) is 64.0. The van der Waals surface area contributed by atoms with Crippen molar-refractivity contribution in [3.8, 4) is 22.3 Å². The van der Waals surface area contributed by atoms with Crippen LogP contribution < -0.4 is 0 Å². The summed E-state index contributed by atoms with van der Waals surface area (Å²) in [6.07, 6.45) is 11.8. The number of hydrogen-bond acceptors (Lipinski definition) is 0. The van der Waals surface area contributed by atoms with Gasteiger partial charge in [0.2, 0.25) is 0 Å². The summed E-state index contributed by atoms with van der Waals surface area (Å²) in [6.45, 7) is 5.12. The molecule has 0 nitrogen and oxygen atoms in total. The minimum absolute atomic E-state index is 0.129. The highest BCUT2D eigenvalue weighted by molar-refractivity contribution is 6.14. The summed E-state index contributed by atoms with van der Waals surface area (Å²) in [5.74, 6) is 0.391. The minimum Gasteiger partial charge on any atom is -0.0836 e. The quantitative estimate of drug-likeness (QED) is 0.165. The Hall–Kier alpha value is -6.50. The topological polar surface area (TPSA) is 0 Å². The first-order valence-corrected chi connectivity index (χ1v) is 21.0. The smallest absolute Gasteiger partial charge is 0.0296 e. The van der Waals surface area contributed by atoms with Crippen LogP contribution in [0.25, 0.3) is 44.2 Å². The van der Waals surface area contributed by atoms with Crippen LogP contribution in [0.15, 0.2) is 216 Å². The van der Waals surface area contributed by atoms with Crippen LogP contribution in [0.2, 0.25) is 0 Å². The standard InChI is InChI=1S/C58H44/c1-57(40-25-13-6-14-26-40)35-48-45-31-17-29-43(39-23-11-5-12-24-39)52(45)54-53(48)49(36-57)55(46-28-16-15-27-41(46)37-19-7-3-8-20-37)58(2)50-34-33-42(38-21-9-4-10-22-38)44-30-18-32-47(51(44)50)56(54)58/h3-26,28-35,41,56H,27,36H2,1-2H3. The van der Waals surface area contributed by atoms with E-state index in [2.05, 4.69) is 208 Å². The first-order chi connectivity index (χ1) is 28.5. The van der Waals surface area contributed by atoms with Crippen molar-refractivity contribution in [3.63, 3.8) is 0 Å². The lowest BCUT2D eigenvalue weighted by atomic mass is 9.54. The fraction of sp³-hybridized carbons (Fsp3) is 0.138. The maximum atomic E-state index is 2.65. The molecule has 4 unspecified atom stereocenters. The molecule has 0 saturated carbocycles. The van der Waals surface area contributed by atoms with Crippen LogP contribution in [0.5, 0.6) is 0 Å². The molecule has 0 radical (unpaired) electrons. The molecular formula is C58H44.